The maximum atomic E-state index is 12.4. The summed E-state index contributed by atoms with van der Waals surface area (Å²) in [4.78, 5) is 38.4. The second kappa shape index (κ2) is 9.35. The standard InChI is InChI=1S/C21H34N6O5/c1-13-11-26(20(30)32-21(2,3)4)9-10-27(13)17-15(22)16(18(28)29)23-19(24-17)31-12-14-7-6-8-25(14)5/h13-14H,6-12,22H2,1-5H3,(H,28,29)/t13-,14-/m0/s1. The van der Waals surface area contributed by atoms with Crippen LogP contribution in [0.1, 0.15) is 51.0 Å². The van der Waals surface area contributed by atoms with Gasteiger partial charge in [-0.15, -0.1) is 0 Å². The third kappa shape index (κ3) is 5.50. The molecule has 2 aliphatic rings. The van der Waals surface area contributed by atoms with Gasteiger partial charge in [0.2, 0.25) is 0 Å². The van der Waals surface area contributed by atoms with Crippen LogP contribution in [0, 0.1) is 0 Å². The van der Waals surface area contributed by atoms with Crippen LogP contribution in [0.4, 0.5) is 16.3 Å². The summed E-state index contributed by atoms with van der Waals surface area (Å²) in [5.41, 5.74) is 5.27. The number of anilines is 2. The van der Waals surface area contributed by atoms with Crippen LogP contribution in [0.15, 0.2) is 0 Å². The first-order valence-corrected chi connectivity index (χ1v) is 10.9. The van der Waals surface area contributed by atoms with Gasteiger partial charge in [-0.25, -0.2) is 9.59 Å². The number of nitrogens with two attached hydrogens (primary N) is 1. The molecule has 1 aromatic heterocycles. The quantitative estimate of drug-likeness (QED) is 0.682. The number of nitrogen functional groups attached to an aromatic ring is 1. The van der Waals surface area contributed by atoms with E-state index in [1.165, 1.54) is 0 Å². The fourth-order valence-corrected chi connectivity index (χ4v) is 4.01. The molecule has 0 aromatic carbocycles. The van der Waals surface area contributed by atoms with E-state index in [2.05, 4.69) is 14.9 Å². The molecule has 11 nitrogen and oxygen atoms in total. The second-order valence-corrected chi connectivity index (χ2v) is 9.45. The van der Waals surface area contributed by atoms with Crippen molar-refractivity contribution in [2.24, 2.45) is 0 Å². The van der Waals surface area contributed by atoms with Crippen LogP contribution in [0.2, 0.25) is 0 Å². The Morgan fingerprint density at radius 1 is 1.22 bits per heavy atom. The normalized spacial score (nSPS) is 22.2. The first-order chi connectivity index (χ1) is 15.0. The van der Waals surface area contributed by atoms with E-state index < -0.39 is 11.6 Å². The number of hydrogen-bond acceptors (Lipinski definition) is 9. The van der Waals surface area contributed by atoms with E-state index in [9.17, 15) is 14.7 Å². The summed E-state index contributed by atoms with van der Waals surface area (Å²) in [7, 11) is 2.03. The largest absolute Gasteiger partial charge is 0.476 e. The predicted molar refractivity (Wildman–Crippen MR) is 119 cm³/mol. The second-order valence-electron chi connectivity index (χ2n) is 9.45. The molecule has 0 saturated carbocycles. The summed E-state index contributed by atoms with van der Waals surface area (Å²) in [5, 5.41) is 9.60. The zero-order valence-corrected chi connectivity index (χ0v) is 19.5. The molecule has 0 bridgehead atoms. The lowest BCUT2D eigenvalue weighted by molar-refractivity contribution is 0.0218. The summed E-state index contributed by atoms with van der Waals surface area (Å²) in [6.45, 7) is 9.98. The van der Waals surface area contributed by atoms with Gasteiger partial charge >= 0.3 is 18.1 Å². The Kier molecular flexibility index (Phi) is 6.97. The first kappa shape index (κ1) is 23.8. The van der Waals surface area contributed by atoms with Crippen molar-refractivity contribution in [1.29, 1.82) is 0 Å². The Balaban J connectivity index is 1.78. The molecular formula is C21H34N6O5. The molecular weight excluding hydrogens is 416 g/mol. The minimum absolute atomic E-state index is 0.00586. The van der Waals surface area contributed by atoms with Crippen LogP contribution >= 0.6 is 0 Å². The highest BCUT2D eigenvalue weighted by atomic mass is 16.6. The molecule has 2 saturated heterocycles. The predicted octanol–water partition coefficient (Wildman–Crippen LogP) is 1.68. The number of piperazine rings is 1. The van der Waals surface area contributed by atoms with Crippen molar-refractivity contribution in [3.63, 3.8) is 0 Å². The Morgan fingerprint density at radius 3 is 2.50 bits per heavy atom. The molecule has 1 aromatic rings. The van der Waals surface area contributed by atoms with Crippen molar-refractivity contribution in [1.82, 2.24) is 19.8 Å². The zero-order chi connectivity index (χ0) is 23.6. The van der Waals surface area contributed by atoms with Crippen molar-refractivity contribution in [3.05, 3.63) is 5.69 Å². The van der Waals surface area contributed by atoms with Gasteiger partial charge in [-0.2, -0.15) is 9.97 Å². The number of aromatic nitrogens is 2. The number of rotatable bonds is 5. The molecule has 0 aliphatic carbocycles. The highest BCUT2D eigenvalue weighted by Gasteiger charge is 2.33. The fourth-order valence-electron chi connectivity index (χ4n) is 4.01. The van der Waals surface area contributed by atoms with Gasteiger partial charge in [0.1, 0.15) is 17.9 Å². The molecule has 0 radical (unpaired) electrons. The van der Waals surface area contributed by atoms with E-state index in [0.717, 1.165) is 19.4 Å². The van der Waals surface area contributed by atoms with Crippen molar-refractivity contribution in [2.75, 3.05) is 50.5 Å². The SMILES string of the molecule is C[C@H]1CN(C(=O)OC(C)(C)C)CCN1c1nc(OC[C@@H]2CCCN2C)nc(C(=O)O)c1N. The van der Waals surface area contributed by atoms with E-state index in [1.807, 2.05) is 39.6 Å². The lowest BCUT2D eigenvalue weighted by Gasteiger charge is -2.41. The highest BCUT2D eigenvalue weighted by molar-refractivity contribution is 5.94. The Hall–Kier alpha value is -2.82. The fraction of sp³-hybridized carbons (Fsp3) is 0.714. The Morgan fingerprint density at radius 2 is 1.94 bits per heavy atom. The summed E-state index contributed by atoms with van der Waals surface area (Å²) in [5.74, 6) is -0.933. The smallest absolute Gasteiger partial charge is 0.410 e. The van der Waals surface area contributed by atoms with Crippen molar-refractivity contribution >= 4 is 23.6 Å². The number of carbonyl (C=O) groups excluding carboxylic acids is 1. The number of aromatic carboxylic acids is 1. The maximum Gasteiger partial charge on any atom is 0.410 e. The number of carboxylic acids is 1. The van der Waals surface area contributed by atoms with E-state index in [0.29, 0.717) is 32.1 Å². The van der Waals surface area contributed by atoms with Gasteiger partial charge in [-0.1, -0.05) is 0 Å². The van der Waals surface area contributed by atoms with Crippen molar-refractivity contribution in [2.45, 2.75) is 58.2 Å². The zero-order valence-electron chi connectivity index (χ0n) is 19.5. The molecule has 2 fully saturated rings. The lowest BCUT2D eigenvalue weighted by atomic mass is 10.1. The number of amides is 1. The van der Waals surface area contributed by atoms with Gasteiger partial charge in [-0.3, -0.25) is 0 Å². The number of ether oxygens (including phenoxy) is 2. The summed E-state index contributed by atoms with van der Waals surface area (Å²) in [6.07, 6.45) is 1.72. The summed E-state index contributed by atoms with van der Waals surface area (Å²) >= 11 is 0. The van der Waals surface area contributed by atoms with Crippen LogP contribution in [-0.4, -0.2) is 94.5 Å². The van der Waals surface area contributed by atoms with Crippen molar-refractivity contribution < 1.29 is 24.2 Å². The van der Waals surface area contributed by atoms with Crippen LogP contribution in [-0.2, 0) is 4.74 Å². The molecule has 2 atom stereocenters. The number of carbonyl (C=O) groups is 2. The van der Waals surface area contributed by atoms with Crippen molar-refractivity contribution in [3.8, 4) is 6.01 Å². The molecule has 3 N–H and O–H groups in total. The molecule has 0 unspecified atom stereocenters. The molecule has 3 rings (SSSR count). The van der Waals surface area contributed by atoms with Crippen LogP contribution in [0.25, 0.3) is 0 Å². The molecule has 0 spiro atoms. The topological polar surface area (TPSA) is 134 Å². The summed E-state index contributed by atoms with van der Waals surface area (Å²) in [6, 6.07) is 0.0711. The molecule has 3 heterocycles. The Bertz CT molecular complexity index is 858. The van der Waals surface area contributed by atoms with E-state index >= 15 is 0 Å². The number of likely N-dealkylation sites (N-methyl/N-ethyl adjacent to an activating group) is 1. The summed E-state index contributed by atoms with van der Waals surface area (Å²) < 4.78 is 11.3. The monoisotopic (exact) mass is 450 g/mol. The molecule has 178 valence electrons. The van der Waals surface area contributed by atoms with E-state index in [-0.39, 0.29) is 35.6 Å². The highest BCUT2D eigenvalue weighted by Crippen LogP contribution is 2.30. The average molecular weight is 451 g/mol. The number of hydrogen-bond donors (Lipinski definition) is 2. The van der Waals surface area contributed by atoms with Gasteiger partial charge < -0.3 is 35.0 Å². The number of likely N-dealkylation sites (tertiary alicyclic amines) is 1. The molecule has 1 amide bonds. The van der Waals surface area contributed by atoms with E-state index in [4.69, 9.17) is 15.2 Å². The maximum absolute atomic E-state index is 12.4. The molecule has 2 aliphatic heterocycles. The van der Waals surface area contributed by atoms with Gasteiger partial charge in [0, 0.05) is 31.7 Å². The average Bonchev–Trinajstić information content (AvgIpc) is 3.10. The lowest BCUT2D eigenvalue weighted by Crippen LogP contribution is -2.55. The molecule has 32 heavy (non-hydrogen) atoms. The van der Waals surface area contributed by atoms with Gasteiger partial charge in [0.05, 0.1) is 0 Å². The van der Waals surface area contributed by atoms with E-state index in [1.54, 1.807) is 4.90 Å². The van der Waals surface area contributed by atoms with Crippen LogP contribution in [0.5, 0.6) is 6.01 Å². The number of carboxylic acid groups (broad SMARTS) is 1. The minimum Gasteiger partial charge on any atom is -0.476 e. The Labute approximate surface area is 188 Å². The molecule has 11 heteroatoms. The minimum atomic E-state index is -1.24. The van der Waals surface area contributed by atoms with Gasteiger partial charge in [0.25, 0.3) is 0 Å². The number of nitrogens with zero attached hydrogens (tertiary/aromatic N) is 5. The third-order valence-corrected chi connectivity index (χ3v) is 5.74. The van der Waals surface area contributed by atoms with Crippen LogP contribution < -0.4 is 15.4 Å². The van der Waals surface area contributed by atoms with Gasteiger partial charge in [0.15, 0.2) is 11.5 Å². The third-order valence-electron chi connectivity index (χ3n) is 5.74. The first-order valence-electron chi connectivity index (χ1n) is 10.9. The van der Waals surface area contributed by atoms with Crippen LogP contribution in [0.3, 0.4) is 0 Å². The van der Waals surface area contributed by atoms with Gasteiger partial charge in [-0.05, 0) is 54.1 Å².